The first-order chi connectivity index (χ1) is 18.0. The van der Waals surface area contributed by atoms with Crippen molar-refractivity contribution in [2.45, 2.75) is 32.4 Å². The molecule has 5 rings (SSSR count). The number of furan rings is 1. The summed E-state index contributed by atoms with van der Waals surface area (Å²) in [6, 6.07) is 20.8. The summed E-state index contributed by atoms with van der Waals surface area (Å²) >= 11 is 0. The number of carbonyl (C=O) groups is 1. The maximum atomic E-state index is 13.4. The molecule has 1 N–H and O–H groups in total. The third-order valence-corrected chi connectivity index (χ3v) is 7.01. The number of piperidine rings is 1. The third-order valence-electron chi connectivity index (χ3n) is 7.01. The maximum absolute atomic E-state index is 13.4. The standard InChI is InChI=1S/C31H31FN2O3/c1-21(16-31(35)33-25-12-14-34(15-13-25)19-22-6-4-3-5-7-22)26-17-27-28(23-8-10-24(32)11-9-23)20-37-30(27)18-29(26)36-2/h3-11,16-18,20,25H,12-15,19H2,1-2H3,(H,33,35)/b21-16+. The second kappa shape index (κ2) is 11.0. The predicted molar refractivity (Wildman–Crippen MR) is 145 cm³/mol. The van der Waals surface area contributed by atoms with Gasteiger partial charge in [0.1, 0.15) is 17.1 Å². The van der Waals surface area contributed by atoms with E-state index < -0.39 is 0 Å². The summed E-state index contributed by atoms with van der Waals surface area (Å²) in [5, 5.41) is 4.06. The van der Waals surface area contributed by atoms with Gasteiger partial charge in [0.05, 0.1) is 13.4 Å². The number of fused-ring (bicyclic) bond motifs is 1. The zero-order valence-corrected chi connectivity index (χ0v) is 21.2. The van der Waals surface area contributed by atoms with Gasteiger partial charge in [0.2, 0.25) is 5.91 Å². The van der Waals surface area contributed by atoms with Gasteiger partial charge in [-0.15, -0.1) is 0 Å². The minimum absolute atomic E-state index is 0.105. The quantitative estimate of drug-likeness (QED) is 0.298. The fraction of sp³-hybridized carbons (Fsp3) is 0.258. The molecule has 3 aromatic carbocycles. The molecular weight excluding hydrogens is 467 g/mol. The SMILES string of the molecule is COc1cc2occ(-c3ccc(F)cc3)c2cc1/C(C)=C/C(=O)NC1CCN(Cc2ccccc2)CC1. The lowest BCUT2D eigenvalue weighted by atomic mass is 9.99. The van der Waals surface area contributed by atoms with Gasteiger partial charge in [-0.2, -0.15) is 0 Å². The minimum Gasteiger partial charge on any atom is -0.496 e. The molecule has 1 aliphatic rings. The largest absolute Gasteiger partial charge is 0.496 e. The van der Waals surface area contributed by atoms with Crippen LogP contribution >= 0.6 is 0 Å². The van der Waals surface area contributed by atoms with Crippen LogP contribution in [-0.4, -0.2) is 37.0 Å². The average molecular weight is 499 g/mol. The van der Waals surface area contributed by atoms with Crippen molar-refractivity contribution in [3.63, 3.8) is 0 Å². The molecule has 4 aromatic rings. The van der Waals surface area contributed by atoms with Gasteiger partial charge in [-0.3, -0.25) is 9.69 Å². The molecule has 0 atom stereocenters. The number of likely N-dealkylation sites (tertiary alicyclic amines) is 1. The van der Waals surface area contributed by atoms with Crippen LogP contribution in [0.5, 0.6) is 5.75 Å². The van der Waals surface area contributed by atoms with Crippen LogP contribution in [0, 0.1) is 5.82 Å². The summed E-state index contributed by atoms with van der Waals surface area (Å²) in [5.74, 6) is 0.237. The summed E-state index contributed by atoms with van der Waals surface area (Å²) in [6.07, 6.45) is 5.16. The Morgan fingerprint density at radius 2 is 1.84 bits per heavy atom. The molecule has 1 aliphatic heterocycles. The number of ether oxygens (including phenoxy) is 1. The first kappa shape index (κ1) is 24.8. The van der Waals surface area contributed by atoms with Gasteiger partial charge in [0.15, 0.2) is 0 Å². The number of methoxy groups -OCH3 is 1. The highest BCUT2D eigenvalue weighted by Gasteiger charge is 2.21. The summed E-state index contributed by atoms with van der Waals surface area (Å²) < 4.78 is 24.8. The van der Waals surface area contributed by atoms with E-state index in [0.29, 0.717) is 11.3 Å². The summed E-state index contributed by atoms with van der Waals surface area (Å²) in [4.78, 5) is 15.3. The monoisotopic (exact) mass is 498 g/mol. The number of rotatable bonds is 7. The lowest BCUT2D eigenvalue weighted by Gasteiger charge is -2.32. The van der Waals surface area contributed by atoms with Crippen LogP contribution < -0.4 is 10.1 Å². The van der Waals surface area contributed by atoms with Gasteiger partial charge < -0.3 is 14.5 Å². The second-order valence-corrected chi connectivity index (χ2v) is 9.58. The van der Waals surface area contributed by atoms with Crippen LogP contribution in [0.15, 0.2) is 83.5 Å². The van der Waals surface area contributed by atoms with Gasteiger partial charge >= 0.3 is 0 Å². The highest BCUT2D eigenvalue weighted by atomic mass is 19.1. The van der Waals surface area contributed by atoms with Crippen molar-refractivity contribution in [1.82, 2.24) is 10.2 Å². The summed E-state index contributed by atoms with van der Waals surface area (Å²) in [6.45, 7) is 4.76. The minimum atomic E-state index is -0.287. The van der Waals surface area contributed by atoms with Gasteiger partial charge in [0.25, 0.3) is 0 Å². The van der Waals surface area contributed by atoms with Crippen LogP contribution in [0.2, 0.25) is 0 Å². The first-order valence-corrected chi connectivity index (χ1v) is 12.6. The molecule has 0 saturated carbocycles. The summed E-state index contributed by atoms with van der Waals surface area (Å²) in [7, 11) is 1.60. The normalized spacial score (nSPS) is 15.2. The van der Waals surface area contributed by atoms with Crippen molar-refractivity contribution in [3.8, 4) is 16.9 Å². The fourth-order valence-electron chi connectivity index (χ4n) is 4.98. The molecule has 0 spiro atoms. The van der Waals surface area contributed by atoms with Crippen LogP contribution in [-0.2, 0) is 11.3 Å². The molecule has 0 aliphatic carbocycles. The van der Waals surface area contributed by atoms with Crippen molar-refractivity contribution in [2.24, 2.45) is 0 Å². The van der Waals surface area contributed by atoms with E-state index in [9.17, 15) is 9.18 Å². The molecule has 37 heavy (non-hydrogen) atoms. The van der Waals surface area contributed by atoms with Crippen molar-refractivity contribution in [1.29, 1.82) is 0 Å². The number of carbonyl (C=O) groups excluding carboxylic acids is 1. The van der Waals surface area contributed by atoms with E-state index >= 15 is 0 Å². The number of amides is 1. The van der Waals surface area contributed by atoms with E-state index in [4.69, 9.17) is 9.15 Å². The Morgan fingerprint density at radius 1 is 1.11 bits per heavy atom. The number of halogens is 1. The topological polar surface area (TPSA) is 54.7 Å². The molecule has 1 fully saturated rings. The number of nitrogens with zero attached hydrogens (tertiary/aromatic N) is 1. The van der Waals surface area contributed by atoms with Gasteiger partial charge in [-0.1, -0.05) is 42.5 Å². The number of nitrogens with one attached hydrogen (secondary N) is 1. The van der Waals surface area contributed by atoms with E-state index in [1.165, 1.54) is 17.7 Å². The van der Waals surface area contributed by atoms with Crippen molar-refractivity contribution >= 4 is 22.4 Å². The fourth-order valence-corrected chi connectivity index (χ4v) is 4.98. The van der Waals surface area contributed by atoms with E-state index in [-0.39, 0.29) is 17.8 Å². The molecule has 1 saturated heterocycles. The highest BCUT2D eigenvalue weighted by molar-refractivity contribution is 6.00. The Balaban J connectivity index is 1.28. The predicted octanol–water partition coefficient (Wildman–Crippen LogP) is 6.43. The molecule has 2 heterocycles. The lowest BCUT2D eigenvalue weighted by molar-refractivity contribution is -0.117. The van der Waals surface area contributed by atoms with Crippen molar-refractivity contribution in [3.05, 3.63) is 96.0 Å². The third kappa shape index (κ3) is 5.75. The molecular formula is C31H31FN2O3. The number of hydrogen-bond donors (Lipinski definition) is 1. The van der Waals surface area contributed by atoms with Crippen molar-refractivity contribution in [2.75, 3.05) is 20.2 Å². The Kier molecular flexibility index (Phi) is 7.37. The Labute approximate surface area is 216 Å². The molecule has 0 radical (unpaired) electrons. The van der Waals surface area contributed by atoms with Gasteiger partial charge in [-0.05, 0) is 54.7 Å². The molecule has 0 bridgehead atoms. The Hall–Kier alpha value is -3.90. The second-order valence-electron chi connectivity index (χ2n) is 9.58. The molecule has 190 valence electrons. The molecule has 6 heteroatoms. The van der Waals surface area contributed by atoms with Gasteiger partial charge in [0, 0.05) is 54.3 Å². The number of allylic oxidation sites excluding steroid dienone is 1. The van der Waals surface area contributed by atoms with E-state index in [1.807, 2.05) is 25.1 Å². The smallest absolute Gasteiger partial charge is 0.244 e. The van der Waals surface area contributed by atoms with Crippen molar-refractivity contribution < 1.29 is 18.3 Å². The average Bonchev–Trinajstić information content (AvgIpc) is 3.33. The number of hydrogen-bond acceptors (Lipinski definition) is 4. The van der Waals surface area contributed by atoms with Crippen LogP contribution in [0.25, 0.3) is 27.7 Å². The van der Waals surface area contributed by atoms with Crippen LogP contribution in [0.1, 0.15) is 30.9 Å². The van der Waals surface area contributed by atoms with Crippen LogP contribution in [0.3, 0.4) is 0 Å². The lowest BCUT2D eigenvalue weighted by Crippen LogP contribution is -2.43. The van der Waals surface area contributed by atoms with Gasteiger partial charge in [-0.25, -0.2) is 4.39 Å². The first-order valence-electron chi connectivity index (χ1n) is 12.6. The highest BCUT2D eigenvalue weighted by Crippen LogP contribution is 2.37. The molecule has 5 nitrogen and oxygen atoms in total. The van der Waals surface area contributed by atoms with E-state index in [1.54, 1.807) is 31.6 Å². The maximum Gasteiger partial charge on any atom is 0.244 e. The van der Waals surface area contributed by atoms with E-state index in [2.05, 4.69) is 34.5 Å². The molecule has 1 aromatic heterocycles. The Bertz CT molecular complexity index is 1400. The summed E-state index contributed by atoms with van der Waals surface area (Å²) in [5.41, 5.74) is 5.30. The number of benzene rings is 3. The zero-order chi connectivity index (χ0) is 25.8. The molecule has 1 amide bonds. The zero-order valence-electron chi connectivity index (χ0n) is 21.2. The van der Waals surface area contributed by atoms with Crippen LogP contribution in [0.4, 0.5) is 4.39 Å². The molecule has 0 unspecified atom stereocenters. The van der Waals surface area contributed by atoms with E-state index in [0.717, 1.165) is 60.1 Å². The Morgan fingerprint density at radius 3 is 2.54 bits per heavy atom.